The van der Waals surface area contributed by atoms with Gasteiger partial charge in [-0.2, -0.15) is 0 Å². The largest absolute Gasteiger partial charge is 0.477 e. The first-order valence-electron chi connectivity index (χ1n) is 10.3. The molecule has 7 nitrogen and oxygen atoms in total. The second-order valence-corrected chi connectivity index (χ2v) is 9.74. The number of carbonyl (C=O) groups is 1. The number of benzene rings is 1. The lowest BCUT2D eigenvalue weighted by Crippen LogP contribution is -2.80. The number of carbonyl (C=O) groups excluding carboxylic acids is 1. The van der Waals surface area contributed by atoms with E-state index in [1.54, 1.807) is 6.07 Å². The van der Waals surface area contributed by atoms with E-state index in [0.29, 0.717) is 25.0 Å². The number of aliphatic hydroxyl groups is 1. The van der Waals surface area contributed by atoms with E-state index in [4.69, 9.17) is 14.9 Å². The third-order valence-electron chi connectivity index (χ3n) is 8.39. The summed E-state index contributed by atoms with van der Waals surface area (Å²) in [6.07, 6.45) is 4.17. The van der Waals surface area contributed by atoms with Crippen molar-refractivity contribution in [3.63, 3.8) is 0 Å². The molecule has 2 aliphatic heterocycles. The fourth-order valence-electron chi connectivity index (χ4n) is 7.03. The molecular formula is C21H26NO6+. The first kappa shape index (κ1) is 17.2. The van der Waals surface area contributed by atoms with Gasteiger partial charge in [0.2, 0.25) is 5.75 Å². The minimum absolute atomic E-state index is 0.0432. The van der Waals surface area contributed by atoms with E-state index in [-0.39, 0.29) is 17.6 Å². The maximum atomic E-state index is 12.9. The van der Waals surface area contributed by atoms with Crippen LogP contribution in [0.25, 0.3) is 0 Å². The van der Waals surface area contributed by atoms with Crippen LogP contribution in [0.5, 0.6) is 11.5 Å². The third-order valence-corrected chi connectivity index (χ3v) is 8.39. The van der Waals surface area contributed by atoms with E-state index < -0.39 is 17.1 Å². The van der Waals surface area contributed by atoms with E-state index in [0.717, 1.165) is 41.0 Å². The molecule has 1 aromatic rings. The Morgan fingerprint density at radius 3 is 2.89 bits per heavy atom. The van der Waals surface area contributed by atoms with E-state index in [9.17, 15) is 9.90 Å². The zero-order chi connectivity index (χ0) is 19.3. The van der Waals surface area contributed by atoms with Gasteiger partial charge in [-0.05, 0) is 35.9 Å². The van der Waals surface area contributed by atoms with E-state index >= 15 is 0 Å². The van der Waals surface area contributed by atoms with Crippen LogP contribution in [0.1, 0.15) is 43.2 Å². The molecule has 150 valence electrons. The molecule has 2 N–H and O–H groups in total. The normalized spacial score (nSPS) is 42.8. The van der Waals surface area contributed by atoms with Gasteiger partial charge in [-0.1, -0.05) is 6.07 Å². The van der Waals surface area contributed by atoms with E-state index in [1.165, 1.54) is 12.8 Å². The van der Waals surface area contributed by atoms with Gasteiger partial charge in [0.1, 0.15) is 11.6 Å². The molecule has 2 saturated carbocycles. The minimum atomic E-state index is -0.982. The fraction of sp³-hybridized carbons (Fsp3) is 0.667. The van der Waals surface area contributed by atoms with Crippen molar-refractivity contribution in [1.29, 1.82) is 0 Å². The molecule has 2 bridgehead atoms. The topological polar surface area (TPSA) is 85.2 Å². The number of Topliss-reactive ketones (excluding diaryl/α,β-unsaturated/α-hetero) is 1. The second kappa shape index (κ2) is 5.27. The number of nitrogens with zero attached hydrogens (tertiary/aromatic N) is 1. The molecule has 1 aromatic carbocycles. The number of ketones is 1. The summed E-state index contributed by atoms with van der Waals surface area (Å²) in [5.41, 5.74) is 0.305. The van der Waals surface area contributed by atoms with Crippen LogP contribution in [-0.2, 0) is 21.7 Å². The van der Waals surface area contributed by atoms with Crippen molar-refractivity contribution in [2.24, 2.45) is 5.92 Å². The van der Waals surface area contributed by atoms with Crippen LogP contribution in [0.15, 0.2) is 12.1 Å². The monoisotopic (exact) mass is 388 g/mol. The molecule has 5 aliphatic rings. The Balaban J connectivity index is 1.57. The van der Waals surface area contributed by atoms with Crippen LogP contribution < -0.4 is 9.62 Å². The van der Waals surface area contributed by atoms with Crippen molar-refractivity contribution < 1.29 is 34.3 Å². The molecule has 1 saturated heterocycles. The van der Waals surface area contributed by atoms with Gasteiger partial charge >= 0.3 is 0 Å². The standard InChI is InChI=1S/C21H25NO6/c1-22(11-12-2-3-12)9-8-20-17-13-4-5-15(27-28-25)18(17)26-19(20)14(23)6-7-21(20,24)16(22)10-13/h4-5,12,16,19,24H,2-3,6-11H2,1H3/p+1/t16-,19?,20+,21-,22?/m1/s1. The first-order chi connectivity index (χ1) is 13.4. The smallest absolute Gasteiger partial charge is 0.210 e. The van der Waals surface area contributed by atoms with Gasteiger partial charge in [-0.25, -0.2) is 5.26 Å². The van der Waals surface area contributed by atoms with Crippen molar-refractivity contribution in [1.82, 2.24) is 0 Å². The molecule has 3 aliphatic carbocycles. The van der Waals surface area contributed by atoms with E-state index in [2.05, 4.69) is 12.1 Å². The fourth-order valence-corrected chi connectivity index (χ4v) is 7.03. The van der Waals surface area contributed by atoms with Crippen LogP contribution in [0, 0.1) is 5.92 Å². The molecule has 1 spiro atoms. The summed E-state index contributed by atoms with van der Waals surface area (Å²) in [6.45, 7) is 2.03. The summed E-state index contributed by atoms with van der Waals surface area (Å²) in [4.78, 5) is 17.8. The highest BCUT2D eigenvalue weighted by Crippen LogP contribution is 2.66. The molecule has 3 fully saturated rings. The predicted octanol–water partition coefficient (Wildman–Crippen LogP) is 1.75. The van der Waals surface area contributed by atoms with Crippen molar-refractivity contribution in [3.05, 3.63) is 23.3 Å². The van der Waals surface area contributed by atoms with Crippen molar-refractivity contribution in [2.45, 2.75) is 61.7 Å². The van der Waals surface area contributed by atoms with Gasteiger partial charge in [0.05, 0.1) is 25.6 Å². The number of ether oxygens (including phenoxy) is 1. The van der Waals surface area contributed by atoms with Crippen molar-refractivity contribution in [3.8, 4) is 11.5 Å². The Morgan fingerprint density at radius 1 is 1.32 bits per heavy atom. The number of likely N-dealkylation sites (tertiary alicyclic amines) is 1. The molecule has 6 rings (SSSR count). The number of piperidine rings is 1. The number of rotatable bonds is 4. The summed E-state index contributed by atoms with van der Waals surface area (Å²) >= 11 is 0. The predicted molar refractivity (Wildman–Crippen MR) is 96.8 cm³/mol. The van der Waals surface area contributed by atoms with Crippen LogP contribution in [0.3, 0.4) is 0 Å². The quantitative estimate of drug-likeness (QED) is 0.464. The molecule has 0 amide bonds. The Bertz CT molecular complexity index is 884. The Morgan fingerprint density at radius 2 is 2.14 bits per heavy atom. The minimum Gasteiger partial charge on any atom is -0.477 e. The summed E-state index contributed by atoms with van der Waals surface area (Å²) < 4.78 is 7.04. The highest BCUT2D eigenvalue weighted by molar-refractivity contribution is 5.90. The number of hydrogen-bond donors (Lipinski definition) is 2. The zero-order valence-electron chi connectivity index (χ0n) is 16.0. The average molecular weight is 388 g/mol. The SMILES string of the molecule is C[N+]1(CC2CC2)CC[C@]23c4c5ccc(OOO)c4OC2C(=O)CC[C@@]3(O)[C@H]1C5. The number of hydrogen-bond acceptors (Lipinski definition) is 6. The maximum absolute atomic E-state index is 12.9. The van der Waals surface area contributed by atoms with Gasteiger partial charge in [0, 0.05) is 30.7 Å². The summed E-state index contributed by atoms with van der Waals surface area (Å²) in [5.74, 6) is 1.50. The van der Waals surface area contributed by atoms with Crippen LogP contribution >= 0.6 is 0 Å². The second-order valence-electron chi connectivity index (χ2n) is 9.74. The lowest BCUT2D eigenvalue weighted by molar-refractivity contribution is -0.950. The molecule has 7 heteroatoms. The Labute approximate surface area is 163 Å². The lowest BCUT2D eigenvalue weighted by Gasteiger charge is -2.64. The molecule has 5 atom stereocenters. The van der Waals surface area contributed by atoms with Gasteiger partial charge in [-0.15, -0.1) is 0 Å². The van der Waals surface area contributed by atoms with Crippen molar-refractivity contribution >= 4 is 5.78 Å². The number of likely N-dealkylation sites (N-methyl/N-ethyl adjacent to an activating group) is 1. The molecule has 2 unspecified atom stereocenters. The molecule has 28 heavy (non-hydrogen) atoms. The lowest BCUT2D eigenvalue weighted by atomic mass is 9.48. The van der Waals surface area contributed by atoms with Crippen molar-refractivity contribution in [2.75, 3.05) is 20.1 Å². The summed E-state index contributed by atoms with van der Waals surface area (Å²) in [6, 6.07) is 3.74. The molecule has 2 heterocycles. The first-order valence-corrected chi connectivity index (χ1v) is 10.3. The maximum Gasteiger partial charge on any atom is 0.210 e. The summed E-state index contributed by atoms with van der Waals surface area (Å²) in [7, 11) is 2.29. The molecule has 0 radical (unpaired) electrons. The Kier molecular flexibility index (Phi) is 3.24. The number of quaternary nitrogens is 1. The average Bonchev–Trinajstić information content (AvgIpc) is 3.39. The van der Waals surface area contributed by atoms with Gasteiger partial charge < -0.3 is 19.2 Å². The highest BCUT2D eigenvalue weighted by atomic mass is 17.5. The van der Waals surface area contributed by atoms with Crippen LogP contribution in [-0.4, -0.2) is 58.5 Å². The van der Waals surface area contributed by atoms with Gasteiger partial charge in [0.15, 0.2) is 17.6 Å². The third kappa shape index (κ3) is 1.86. The summed E-state index contributed by atoms with van der Waals surface area (Å²) in [5, 5.41) is 24.9. The van der Waals surface area contributed by atoms with Crippen LogP contribution in [0.2, 0.25) is 0 Å². The van der Waals surface area contributed by atoms with Crippen LogP contribution in [0.4, 0.5) is 0 Å². The van der Waals surface area contributed by atoms with Gasteiger partial charge in [0.25, 0.3) is 0 Å². The Hall–Kier alpha value is -1.67. The molecule has 0 aromatic heterocycles. The van der Waals surface area contributed by atoms with E-state index in [1.807, 2.05) is 6.07 Å². The molecular weight excluding hydrogens is 362 g/mol. The van der Waals surface area contributed by atoms with Gasteiger partial charge in [-0.3, -0.25) is 4.79 Å². The highest BCUT2D eigenvalue weighted by Gasteiger charge is 2.76. The zero-order valence-corrected chi connectivity index (χ0v) is 16.0.